The van der Waals surface area contributed by atoms with E-state index < -0.39 is 0 Å². The molecule has 0 spiro atoms. The minimum absolute atomic E-state index is 0.535. The van der Waals surface area contributed by atoms with Gasteiger partial charge in [-0.05, 0) is 34.5 Å². The lowest BCUT2D eigenvalue weighted by Gasteiger charge is -2.14. The molecule has 0 aliphatic heterocycles. The standard InChI is InChI=1S/C14H20BrNO2/c1-11(2)10-18-14-12(5-4-6-13(14)15)9-16-7-8-17-3/h4-6,16H,1,7-10H2,2-3H3. The van der Waals surface area contributed by atoms with Crippen molar-refractivity contribution in [2.75, 3.05) is 26.9 Å². The number of hydrogen-bond acceptors (Lipinski definition) is 3. The van der Waals surface area contributed by atoms with E-state index in [0.717, 1.165) is 34.4 Å². The Morgan fingerprint density at radius 3 is 2.89 bits per heavy atom. The molecule has 0 heterocycles. The van der Waals surface area contributed by atoms with Gasteiger partial charge >= 0.3 is 0 Å². The molecule has 0 unspecified atom stereocenters. The molecular weight excluding hydrogens is 294 g/mol. The van der Waals surface area contributed by atoms with Crippen molar-refractivity contribution >= 4 is 15.9 Å². The van der Waals surface area contributed by atoms with Gasteiger partial charge in [-0.2, -0.15) is 0 Å². The molecule has 100 valence electrons. The highest BCUT2D eigenvalue weighted by Gasteiger charge is 2.07. The molecule has 0 fully saturated rings. The van der Waals surface area contributed by atoms with Crippen molar-refractivity contribution in [1.82, 2.24) is 5.32 Å². The number of ether oxygens (including phenoxy) is 2. The van der Waals surface area contributed by atoms with Crippen LogP contribution in [0.15, 0.2) is 34.8 Å². The summed E-state index contributed by atoms with van der Waals surface area (Å²) < 4.78 is 11.7. The fourth-order valence-corrected chi connectivity index (χ4v) is 1.97. The minimum atomic E-state index is 0.535. The van der Waals surface area contributed by atoms with E-state index >= 15 is 0 Å². The molecule has 0 bridgehead atoms. The van der Waals surface area contributed by atoms with Gasteiger partial charge in [0.05, 0.1) is 11.1 Å². The first-order chi connectivity index (χ1) is 8.65. The summed E-state index contributed by atoms with van der Waals surface area (Å²) >= 11 is 3.51. The fourth-order valence-electron chi connectivity index (χ4n) is 1.45. The topological polar surface area (TPSA) is 30.5 Å². The normalized spacial score (nSPS) is 10.4. The molecule has 0 saturated heterocycles. The fraction of sp³-hybridized carbons (Fsp3) is 0.429. The molecule has 0 aromatic heterocycles. The second kappa shape index (κ2) is 8.29. The number of nitrogens with one attached hydrogen (secondary N) is 1. The molecular formula is C14H20BrNO2. The van der Waals surface area contributed by atoms with Crippen molar-refractivity contribution < 1.29 is 9.47 Å². The number of hydrogen-bond donors (Lipinski definition) is 1. The van der Waals surface area contributed by atoms with Gasteiger partial charge in [0.2, 0.25) is 0 Å². The highest BCUT2D eigenvalue weighted by atomic mass is 79.9. The second-order valence-electron chi connectivity index (χ2n) is 4.14. The summed E-state index contributed by atoms with van der Waals surface area (Å²) in [6, 6.07) is 6.04. The quantitative estimate of drug-likeness (QED) is 0.591. The van der Waals surface area contributed by atoms with Crippen molar-refractivity contribution in [3.63, 3.8) is 0 Å². The van der Waals surface area contributed by atoms with Crippen LogP contribution in [0.3, 0.4) is 0 Å². The average molecular weight is 314 g/mol. The van der Waals surface area contributed by atoms with E-state index in [1.54, 1.807) is 7.11 Å². The molecule has 4 heteroatoms. The lowest BCUT2D eigenvalue weighted by atomic mass is 10.2. The van der Waals surface area contributed by atoms with Crippen molar-refractivity contribution in [1.29, 1.82) is 0 Å². The summed E-state index contributed by atoms with van der Waals surface area (Å²) in [5, 5.41) is 3.31. The number of para-hydroxylation sites is 1. The highest BCUT2D eigenvalue weighted by Crippen LogP contribution is 2.29. The van der Waals surface area contributed by atoms with Gasteiger partial charge in [-0.1, -0.05) is 18.7 Å². The third-order valence-electron chi connectivity index (χ3n) is 2.31. The van der Waals surface area contributed by atoms with Crippen LogP contribution in [-0.4, -0.2) is 26.9 Å². The number of methoxy groups -OCH3 is 1. The maximum Gasteiger partial charge on any atom is 0.138 e. The number of rotatable bonds is 8. The van der Waals surface area contributed by atoms with E-state index in [0.29, 0.717) is 13.2 Å². The third-order valence-corrected chi connectivity index (χ3v) is 2.93. The maximum absolute atomic E-state index is 5.77. The molecule has 1 N–H and O–H groups in total. The predicted octanol–water partition coefficient (Wildman–Crippen LogP) is 3.14. The lowest BCUT2D eigenvalue weighted by molar-refractivity contribution is 0.199. The van der Waals surface area contributed by atoms with Crippen LogP contribution in [0.5, 0.6) is 5.75 Å². The van der Waals surface area contributed by atoms with E-state index in [1.165, 1.54) is 0 Å². The molecule has 0 radical (unpaired) electrons. The van der Waals surface area contributed by atoms with Gasteiger partial charge in [0.25, 0.3) is 0 Å². The zero-order valence-electron chi connectivity index (χ0n) is 11.0. The maximum atomic E-state index is 5.77. The summed E-state index contributed by atoms with van der Waals surface area (Å²) in [5.74, 6) is 0.880. The third kappa shape index (κ3) is 5.21. The summed E-state index contributed by atoms with van der Waals surface area (Å²) in [7, 11) is 1.70. The molecule has 1 rings (SSSR count). The number of benzene rings is 1. The van der Waals surface area contributed by atoms with E-state index in [9.17, 15) is 0 Å². The summed E-state index contributed by atoms with van der Waals surface area (Å²) in [5.41, 5.74) is 2.13. The molecule has 3 nitrogen and oxygen atoms in total. The van der Waals surface area contributed by atoms with Crippen LogP contribution in [0.4, 0.5) is 0 Å². The Labute approximate surface area is 117 Å². The molecule has 0 atom stereocenters. The van der Waals surface area contributed by atoms with Crippen LogP contribution < -0.4 is 10.1 Å². The Kier molecular flexibility index (Phi) is 7.01. The second-order valence-corrected chi connectivity index (χ2v) is 5.00. The summed E-state index contributed by atoms with van der Waals surface area (Å²) in [4.78, 5) is 0. The molecule has 18 heavy (non-hydrogen) atoms. The van der Waals surface area contributed by atoms with Crippen molar-refractivity contribution in [3.8, 4) is 5.75 Å². The first kappa shape index (κ1) is 15.2. The molecule has 0 aliphatic carbocycles. The zero-order chi connectivity index (χ0) is 13.4. The van der Waals surface area contributed by atoms with Crippen molar-refractivity contribution in [2.45, 2.75) is 13.5 Å². The van der Waals surface area contributed by atoms with Gasteiger partial charge in [-0.15, -0.1) is 0 Å². The Morgan fingerprint density at radius 2 is 2.22 bits per heavy atom. The smallest absolute Gasteiger partial charge is 0.138 e. The van der Waals surface area contributed by atoms with Crippen LogP contribution in [-0.2, 0) is 11.3 Å². The first-order valence-electron chi connectivity index (χ1n) is 5.89. The molecule has 0 aliphatic rings. The average Bonchev–Trinajstić information content (AvgIpc) is 2.33. The van der Waals surface area contributed by atoms with Gasteiger partial charge in [0.1, 0.15) is 12.4 Å². The monoisotopic (exact) mass is 313 g/mol. The SMILES string of the molecule is C=C(C)COc1c(Br)cccc1CNCCOC. The van der Waals surface area contributed by atoms with Gasteiger partial charge in [0.15, 0.2) is 0 Å². The highest BCUT2D eigenvalue weighted by molar-refractivity contribution is 9.10. The van der Waals surface area contributed by atoms with Crippen LogP contribution >= 0.6 is 15.9 Å². The van der Waals surface area contributed by atoms with Crippen molar-refractivity contribution in [3.05, 3.63) is 40.4 Å². The molecule has 0 saturated carbocycles. The Bertz CT molecular complexity index is 393. The largest absolute Gasteiger partial charge is 0.488 e. The first-order valence-corrected chi connectivity index (χ1v) is 6.68. The van der Waals surface area contributed by atoms with Gasteiger partial charge in [0, 0.05) is 25.8 Å². The van der Waals surface area contributed by atoms with Crippen LogP contribution in [0.2, 0.25) is 0 Å². The summed E-state index contributed by atoms with van der Waals surface area (Å²) in [6.07, 6.45) is 0. The van der Waals surface area contributed by atoms with Gasteiger partial charge in [-0.3, -0.25) is 0 Å². The number of halogens is 1. The zero-order valence-corrected chi connectivity index (χ0v) is 12.5. The Balaban J connectivity index is 2.64. The van der Waals surface area contributed by atoms with Crippen LogP contribution in [0.1, 0.15) is 12.5 Å². The lowest BCUT2D eigenvalue weighted by Crippen LogP contribution is -2.19. The molecule has 0 amide bonds. The molecule has 1 aromatic carbocycles. The van der Waals surface area contributed by atoms with Crippen molar-refractivity contribution in [2.24, 2.45) is 0 Å². The van der Waals surface area contributed by atoms with Gasteiger partial charge < -0.3 is 14.8 Å². The van der Waals surface area contributed by atoms with E-state index in [2.05, 4.69) is 33.9 Å². The van der Waals surface area contributed by atoms with E-state index in [1.807, 2.05) is 19.1 Å². The summed E-state index contributed by atoms with van der Waals surface area (Å²) in [6.45, 7) is 8.62. The minimum Gasteiger partial charge on any atom is -0.488 e. The van der Waals surface area contributed by atoms with Gasteiger partial charge in [-0.25, -0.2) is 0 Å². The molecule has 1 aromatic rings. The van der Waals surface area contributed by atoms with Crippen LogP contribution in [0, 0.1) is 0 Å². The predicted molar refractivity (Wildman–Crippen MR) is 78.0 cm³/mol. The Hall–Kier alpha value is -0.840. The Morgan fingerprint density at radius 1 is 1.44 bits per heavy atom. The van der Waals surface area contributed by atoms with E-state index in [4.69, 9.17) is 9.47 Å². The van der Waals surface area contributed by atoms with E-state index in [-0.39, 0.29) is 0 Å². The van der Waals surface area contributed by atoms with Crippen LogP contribution in [0.25, 0.3) is 0 Å².